The number of rotatable bonds is 3. The van der Waals surface area contributed by atoms with Crippen LogP contribution in [0.5, 0.6) is 0 Å². The van der Waals surface area contributed by atoms with Crippen LogP contribution in [0, 0.1) is 0 Å². The first-order valence-electron chi connectivity index (χ1n) is 4.26. The SMILES string of the molecule is C[C@@H](C[C@@]1(C)OCCS1)OC(N)=O. The molecular formula is C8H15NO3S. The molecule has 2 atom stereocenters. The van der Waals surface area contributed by atoms with Gasteiger partial charge < -0.3 is 15.2 Å². The molecule has 5 heteroatoms. The third-order valence-corrected chi connectivity index (χ3v) is 3.14. The Bertz CT molecular complexity index is 192. The Kier molecular flexibility index (Phi) is 3.44. The van der Waals surface area contributed by atoms with Crippen molar-refractivity contribution in [2.24, 2.45) is 5.73 Å². The maximum Gasteiger partial charge on any atom is 0.404 e. The minimum absolute atomic E-state index is 0.187. The predicted octanol–water partition coefficient (Wildman–Crippen LogP) is 1.34. The van der Waals surface area contributed by atoms with Crippen molar-refractivity contribution < 1.29 is 14.3 Å². The second kappa shape index (κ2) is 4.19. The Labute approximate surface area is 82.1 Å². The zero-order valence-electron chi connectivity index (χ0n) is 7.91. The molecule has 4 nitrogen and oxygen atoms in total. The lowest BCUT2D eigenvalue weighted by atomic mass is 10.2. The van der Waals surface area contributed by atoms with Gasteiger partial charge in [0, 0.05) is 12.2 Å². The first kappa shape index (κ1) is 10.7. The molecular weight excluding hydrogens is 190 g/mol. The van der Waals surface area contributed by atoms with Crippen molar-refractivity contribution >= 4 is 17.9 Å². The highest BCUT2D eigenvalue weighted by molar-refractivity contribution is 8.00. The average molecular weight is 205 g/mol. The normalized spacial score (nSPS) is 30.0. The Morgan fingerprint density at radius 2 is 2.54 bits per heavy atom. The first-order chi connectivity index (χ1) is 6.02. The molecule has 0 aliphatic carbocycles. The third-order valence-electron chi connectivity index (χ3n) is 1.87. The van der Waals surface area contributed by atoms with Crippen LogP contribution in [0.3, 0.4) is 0 Å². The summed E-state index contributed by atoms with van der Waals surface area (Å²) in [6.45, 7) is 4.59. The molecule has 1 amide bonds. The molecule has 0 unspecified atom stereocenters. The summed E-state index contributed by atoms with van der Waals surface area (Å²) in [5.41, 5.74) is 4.90. The molecule has 0 bridgehead atoms. The van der Waals surface area contributed by atoms with E-state index in [1.54, 1.807) is 11.8 Å². The number of carbonyl (C=O) groups is 1. The Morgan fingerprint density at radius 1 is 1.85 bits per heavy atom. The number of primary amides is 1. The lowest BCUT2D eigenvalue weighted by Gasteiger charge is -2.25. The van der Waals surface area contributed by atoms with Crippen LogP contribution in [-0.4, -0.2) is 29.5 Å². The summed E-state index contributed by atoms with van der Waals surface area (Å²) in [5.74, 6) is 1.000. The zero-order valence-corrected chi connectivity index (χ0v) is 8.73. The molecule has 1 aliphatic heterocycles. The van der Waals surface area contributed by atoms with Crippen molar-refractivity contribution in [3.8, 4) is 0 Å². The van der Waals surface area contributed by atoms with Crippen LogP contribution in [-0.2, 0) is 9.47 Å². The van der Waals surface area contributed by atoms with E-state index < -0.39 is 6.09 Å². The zero-order chi connectivity index (χ0) is 9.90. The molecule has 0 aromatic rings. The fourth-order valence-corrected chi connectivity index (χ4v) is 2.55. The van der Waals surface area contributed by atoms with E-state index in [2.05, 4.69) is 0 Å². The summed E-state index contributed by atoms with van der Waals surface area (Å²) in [4.78, 5) is 10.2. The molecule has 1 fully saturated rings. The summed E-state index contributed by atoms with van der Waals surface area (Å²) in [5, 5.41) is 0. The van der Waals surface area contributed by atoms with Crippen LogP contribution in [0.1, 0.15) is 20.3 Å². The number of hydrogen-bond acceptors (Lipinski definition) is 4. The number of nitrogens with two attached hydrogens (primary N) is 1. The molecule has 13 heavy (non-hydrogen) atoms. The fraction of sp³-hybridized carbons (Fsp3) is 0.875. The molecule has 1 saturated heterocycles. The van der Waals surface area contributed by atoms with E-state index >= 15 is 0 Å². The molecule has 0 saturated carbocycles. The molecule has 0 radical (unpaired) electrons. The van der Waals surface area contributed by atoms with Gasteiger partial charge in [0.05, 0.1) is 6.61 Å². The summed E-state index contributed by atoms with van der Waals surface area (Å²) in [6, 6.07) is 0. The van der Waals surface area contributed by atoms with E-state index in [0.717, 1.165) is 12.4 Å². The van der Waals surface area contributed by atoms with Crippen LogP contribution in [0.25, 0.3) is 0 Å². The lowest BCUT2D eigenvalue weighted by molar-refractivity contribution is 0.0192. The highest BCUT2D eigenvalue weighted by Gasteiger charge is 2.33. The maximum atomic E-state index is 10.4. The van der Waals surface area contributed by atoms with Gasteiger partial charge in [0.25, 0.3) is 0 Å². The van der Waals surface area contributed by atoms with E-state index in [1.807, 2.05) is 13.8 Å². The van der Waals surface area contributed by atoms with Crippen LogP contribution in [0.2, 0.25) is 0 Å². The van der Waals surface area contributed by atoms with Crippen molar-refractivity contribution in [3.05, 3.63) is 0 Å². The van der Waals surface area contributed by atoms with Gasteiger partial charge in [0.1, 0.15) is 11.0 Å². The standard InChI is InChI=1S/C8H15NO3S/c1-6(12-7(9)10)5-8(2)11-3-4-13-8/h6H,3-5H2,1-2H3,(H2,9,10)/t6-,8-/m0/s1. The van der Waals surface area contributed by atoms with Gasteiger partial charge in [-0.2, -0.15) is 0 Å². The molecule has 2 N–H and O–H groups in total. The van der Waals surface area contributed by atoms with Gasteiger partial charge in [-0.1, -0.05) is 0 Å². The largest absolute Gasteiger partial charge is 0.447 e. The van der Waals surface area contributed by atoms with Gasteiger partial charge in [0.15, 0.2) is 0 Å². The molecule has 0 aromatic heterocycles. The van der Waals surface area contributed by atoms with Crippen molar-refractivity contribution in [1.29, 1.82) is 0 Å². The highest BCUT2D eigenvalue weighted by atomic mass is 32.2. The van der Waals surface area contributed by atoms with Gasteiger partial charge in [-0.05, 0) is 13.8 Å². The van der Waals surface area contributed by atoms with Crippen molar-refractivity contribution in [2.75, 3.05) is 12.4 Å². The van der Waals surface area contributed by atoms with Crippen molar-refractivity contribution in [2.45, 2.75) is 31.3 Å². The van der Waals surface area contributed by atoms with Crippen molar-refractivity contribution in [3.63, 3.8) is 0 Å². The molecule has 76 valence electrons. The summed E-state index contributed by atoms with van der Waals surface area (Å²) >= 11 is 1.75. The van der Waals surface area contributed by atoms with E-state index in [1.165, 1.54) is 0 Å². The third kappa shape index (κ3) is 3.44. The predicted molar refractivity (Wildman–Crippen MR) is 51.6 cm³/mol. The van der Waals surface area contributed by atoms with Gasteiger partial charge in [-0.25, -0.2) is 4.79 Å². The monoisotopic (exact) mass is 205 g/mol. The Hall–Kier alpha value is -0.420. The maximum absolute atomic E-state index is 10.4. The first-order valence-corrected chi connectivity index (χ1v) is 5.24. The number of carbonyl (C=O) groups excluding carboxylic acids is 1. The molecule has 1 aliphatic rings. The summed E-state index contributed by atoms with van der Waals surface area (Å²) < 4.78 is 10.3. The number of hydrogen-bond donors (Lipinski definition) is 1. The second-order valence-electron chi connectivity index (χ2n) is 3.28. The van der Waals surface area contributed by atoms with E-state index in [0.29, 0.717) is 6.42 Å². The van der Waals surface area contributed by atoms with Gasteiger partial charge in [-0.3, -0.25) is 0 Å². The Balaban J connectivity index is 2.33. The topological polar surface area (TPSA) is 61.6 Å². The molecule has 1 rings (SSSR count). The van der Waals surface area contributed by atoms with E-state index in [-0.39, 0.29) is 11.0 Å². The fourth-order valence-electron chi connectivity index (χ4n) is 1.44. The van der Waals surface area contributed by atoms with Crippen LogP contribution >= 0.6 is 11.8 Å². The highest BCUT2D eigenvalue weighted by Crippen LogP contribution is 2.36. The summed E-state index contributed by atoms with van der Waals surface area (Å²) in [7, 11) is 0. The van der Waals surface area contributed by atoms with Crippen molar-refractivity contribution in [1.82, 2.24) is 0 Å². The quantitative estimate of drug-likeness (QED) is 0.755. The minimum atomic E-state index is -0.723. The average Bonchev–Trinajstić information content (AvgIpc) is 2.33. The van der Waals surface area contributed by atoms with Gasteiger partial charge in [-0.15, -0.1) is 11.8 Å². The molecule has 0 aromatic carbocycles. The number of amides is 1. The molecule has 0 spiro atoms. The number of ether oxygens (including phenoxy) is 2. The van der Waals surface area contributed by atoms with E-state index in [4.69, 9.17) is 15.2 Å². The second-order valence-corrected chi connectivity index (χ2v) is 4.84. The van der Waals surface area contributed by atoms with Gasteiger partial charge >= 0.3 is 6.09 Å². The summed E-state index contributed by atoms with van der Waals surface area (Å²) in [6.07, 6.45) is -0.229. The van der Waals surface area contributed by atoms with E-state index in [9.17, 15) is 4.79 Å². The minimum Gasteiger partial charge on any atom is -0.447 e. The van der Waals surface area contributed by atoms with Crippen LogP contribution < -0.4 is 5.73 Å². The molecule has 1 heterocycles. The lowest BCUT2D eigenvalue weighted by Crippen LogP contribution is -2.29. The van der Waals surface area contributed by atoms with Gasteiger partial charge in [0.2, 0.25) is 0 Å². The smallest absolute Gasteiger partial charge is 0.404 e. The number of thioether (sulfide) groups is 1. The van der Waals surface area contributed by atoms with Crippen LogP contribution in [0.15, 0.2) is 0 Å². The Morgan fingerprint density at radius 3 is 3.00 bits per heavy atom. The van der Waals surface area contributed by atoms with Crippen LogP contribution in [0.4, 0.5) is 4.79 Å².